The van der Waals surface area contributed by atoms with Gasteiger partial charge in [0.2, 0.25) is 5.91 Å². The molecule has 1 aromatic carbocycles. The molecule has 1 fully saturated rings. The Balaban J connectivity index is 1.99. The molecule has 19 heavy (non-hydrogen) atoms. The first-order valence-electron chi connectivity index (χ1n) is 6.77. The van der Waals surface area contributed by atoms with Gasteiger partial charge in [-0.2, -0.15) is 0 Å². The van der Waals surface area contributed by atoms with Gasteiger partial charge in [-0.25, -0.2) is 0 Å². The summed E-state index contributed by atoms with van der Waals surface area (Å²) in [4.78, 5) is 12.2. The number of methoxy groups -OCH3 is 1. The van der Waals surface area contributed by atoms with Crippen LogP contribution in [0, 0.1) is 11.8 Å². The van der Waals surface area contributed by atoms with Crippen molar-refractivity contribution < 1.29 is 9.53 Å². The number of hydrogen-bond acceptors (Lipinski definition) is 3. The Morgan fingerprint density at radius 3 is 2.89 bits per heavy atom. The largest absolute Gasteiger partial charge is 0.497 e. The van der Waals surface area contributed by atoms with Crippen LogP contribution >= 0.6 is 0 Å². The minimum absolute atomic E-state index is 0.00426. The van der Waals surface area contributed by atoms with E-state index in [1.807, 2.05) is 31.2 Å². The monoisotopic (exact) mass is 262 g/mol. The summed E-state index contributed by atoms with van der Waals surface area (Å²) < 4.78 is 5.20. The maximum absolute atomic E-state index is 12.2. The first kappa shape index (κ1) is 13.9. The van der Waals surface area contributed by atoms with Crippen molar-refractivity contribution in [2.75, 3.05) is 20.2 Å². The lowest BCUT2D eigenvalue weighted by Gasteiger charge is -2.19. The normalized spacial score (nSPS) is 23.9. The Labute approximate surface area is 114 Å². The first-order valence-corrected chi connectivity index (χ1v) is 6.77. The predicted octanol–water partition coefficient (Wildman–Crippen LogP) is 1.73. The molecule has 0 aromatic heterocycles. The maximum Gasteiger partial charge on any atom is 0.225 e. The highest BCUT2D eigenvalue weighted by atomic mass is 16.5. The quantitative estimate of drug-likeness (QED) is 0.869. The fraction of sp³-hybridized carbons (Fsp3) is 0.533. The molecule has 104 valence electrons. The van der Waals surface area contributed by atoms with E-state index in [-0.39, 0.29) is 17.9 Å². The lowest BCUT2D eigenvalue weighted by molar-refractivity contribution is -0.126. The lowest BCUT2D eigenvalue weighted by atomic mass is 9.96. The average Bonchev–Trinajstić information content (AvgIpc) is 2.85. The molecule has 2 unspecified atom stereocenters. The molecule has 1 amide bonds. The van der Waals surface area contributed by atoms with Crippen molar-refractivity contribution in [3.63, 3.8) is 0 Å². The lowest BCUT2D eigenvalue weighted by Crippen LogP contribution is -2.35. The Hall–Kier alpha value is -1.55. The zero-order valence-electron chi connectivity index (χ0n) is 11.8. The molecule has 1 aromatic rings. The number of amides is 1. The van der Waals surface area contributed by atoms with E-state index in [4.69, 9.17) is 4.74 Å². The third-order valence-electron chi connectivity index (χ3n) is 3.81. The van der Waals surface area contributed by atoms with Crippen molar-refractivity contribution in [2.45, 2.75) is 19.9 Å². The highest BCUT2D eigenvalue weighted by Crippen LogP contribution is 2.21. The van der Waals surface area contributed by atoms with E-state index in [1.165, 1.54) is 0 Å². The third kappa shape index (κ3) is 3.26. The molecule has 0 bridgehead atoms. The zero-order chi connectivity index (χ0) is 13.8. The number of carbonyl (C=O) groups excluding carboxylic acids is 1. The van der Waals surface area contributed by atoms with Crippen LogP contribution in [-0.4, -0.2) is 26.1 Å². The van der Waals surface area contributed by atoms with Gasteiger partial charge < -0.3 is 15.4 Å². The van der Waals surface area contributed by atoms with Crippen molar-refractivity contribution in [2.24, 2.45) is 11.8 Å². The maximum atomic E-state index is 12.2. The van der Waals surface area contributed by atoms with E-state index in [1.54, 1.807) is 7.11 Å². The smallest absolute Gasteiger partial charge is 0.225 e. The highest BCUT2D eigenvalue weighted by Gasteiger charge is 2.30. The Morgan fingerprint density at radius 2 is 2.26 bits per heavy atom. The van der Waals surface area contributed by atoms with Crippen LogP contribution in [0.2, 0.25) is 0 Å². The van der Waals surface area contributed by atoms with Gasteiger partial charge in [0, 0.05) is 6.54 Å². The number of hydrogen-bond donors (Lipinski definition) is 2. The van der Waals surface area contributed by atoms with E-state index < -0.39 is 0 Å². The summed E-state index contributed by atoms with van der Waals surface area (Å²) in [6.45, 7) is 5.81. The van der Waals surface area contributed by atoms with Gasteiger partial charge in [-0.15, -0.1) is 0 Å². The molecular weight excluding hydrogens is 240 g/mol. The summed E-state index contributed by atoms with van der Waals surface area (Å²) in [5.74, 6) is 1.42. The summed E-state index contributed by atoms with van der Waals surface area (Å²) in [6, 6.07) is 7.80. The van der Waals surface area contributed by atoms with Crippen LogP contribution in [0.3, 0.4) is 0 Å². The van der Waals surface area contributed by atoms with Gasteiger partial charge in [-0.3, -0.25) is 4.79 Å². The standard InChI is InChI=1S/C15H22N2O2/c1-10-8-16-9-14(10)15(18)17-11(2)12-5-4-6-13(7-12)19-3/h4-7,10-11,14,16H,8-9H2,1-3H3,(H,17,18)/t10?,11-,14?/m1/s1. The number of carbonyl (C=O) groups is 1. The van der Waals surface area contributed by atoms with Crippen molar-refractivity contribution in [3.05, 3.63) is 29.8 Å². The molecule has 1 saturated heterocycles. The topological polar surface area (TPSA) is 50.4 Å². The van der Waals surface area contributed by atoms with Crippen LogP contribution in [0.15, 0.2) is 24.3 Å². The van der Waals surface area contributed by atoms with Crippen molar-refractivity contribution in [1.82, 2.24) is 10.6 Å². The average molecular weight is 262 g/mol. The van der Waals surface area contributed by atoms with Crippen LogP contribution < -0.4 is 15.4 Å². The first-order chi connectivity index (χ1) is 9.11. The van der Waals surface area contributed by atoms with Crippen LogP contribution in [0.4, 0.5) is 0 Å². The zero-order valence-corrected chi connectivity index (χ0v) is 11.8. The van der Waals surface area contributed by atoms with Gasteiger partial charge in [0.25, 0.3) is 0 Å². The summed E-state index contributed by atoms with van der Waals surface area (Å²) in [6.07, 6.45) is 0. The van der Waals surface area contributed by atoms with Gasteiger partial charge in [0.1, 0.15) is 5.75 Å². The number of ether oxygens (including phenoxy) is 1. The third-order valence-corrected chi connectivity index (χ3v) is 3.81. The molecule has 0 aliphatic carbocycles. The van der Waals surface area contributed by atoms with Crippen LogP contribution in [0.1, 0.15) is 25.5 Å². The number of nitrogens with one attached hydrogen (secondary N) is 2. The van der Waals surface area contributed by atoms with E-state index in [9.17, 15) is 4.79 Å². The Kier molecular flexibility index (Phi) is 4.43. The molecule has 1 heterocycles. The van der Waals surface area contributed by atoms with Crippen LogP contribution in [0.5, 0.6) is 5.75 Å². The van der Waals surface area contributed by atoms with E-state index >= 15 is 0 Å². The van der Waals surface area contributed by atoms with Gasteiger partial charge in [0.15, 0.2) is 0 Å². The molecule has 3 atom stereocenters. The summed E-state index contributed by atoms with van der Waals surface area (Å²) in [7, 11) is 1.65. The molecule has 1 aliphatic rings. The molecule has 2 rings (SSSR count). The second-order valence-electron chi connectivity index (χ2n) is 5.25. The van der Waals surface area contributed by atoms with Crippen molar-refractivity contribution in [3.8, 4) is 5.75 Å². The Morgan fingerprint density at radius 1 is 1.47 bits per heavy atom. The van der Waals surface area contributed by atoms with Gasteiger partial charge in [-0.1, -0.05) is 19.1 Å². The second kappa shape index (κ2) is 6.06. The molecule has 4 heteroatoms. The SMILES string of the molecule is COc1cccc([C@@H](C)NC(=O)C2CNCC2C)c1. The molecule has 4 nitrogen and oxygen atoms in total. The Bertz CT molecular complexity index is 448. The van der Waals surface area contributed by atoms with Crippen molar-refractivity contribution in [1.29, 1.82) is 0 Å². The van der Waals surface area contributed by atoms with E-state index in [0.717, 1.165) is 24.4 Å². The molecule has 0 radical (unpaired) electrons. The van der Waals surface area contributed by atoms with Crippen molar-refractivity contribution >= 4 is 5.91 Å². The highest BCUT2D eigenvalue weighted by molar-refractivity contribution is 5.80. The van der Waals surface area contributed by atoms with Gasteiger partial charge in [-0.05, 0) is 37.1 Å². The summed E-state index contributed by atoms with van der Waals surface area (Å²) >= 11 is 0. The summed E-state index contributed by atoms with van der Waals surface area (Å²) in [5.41, 5.74) is 1.06. The van der Waals surface area contributed by atoms with Gasteiger partial charge in [0.05, 0.1) is 19.1 Å². The number of rotatable bonds is 4. The molecule has 1 aliphatic heterocycles. The predicted molar refractivity (Wildman–Crippen MR) is 75.1 cm³/mol. The summed E-state index contributed by atoms with van der Waals surface area (Å²) in [5, 5.41) is 6.34. The van der Waals surface area contributed by atoms with E-state index in [2.05, 4.69) is 17.6 Å². The van der Waals surface area contributed by atoms with Gasteiger partial charge >= 0.3 is 0 Å². The minimum Gasteiger partial charge on any atom is -0.497 e. The molecule has 2 N–H and O–H groups in total. The molecule has 0 saturated carbocycles. The van der Waals surface area contributed by atoms with Crippen LogP contribution in [0.25, 0.3) is 0 Å². The number of benzene rings is 1. The molecule has 0 spiro atoms. The van der Waals surface area contributed by atoms with Crippen LogP contribution in [-0.2, 0) is 4.79 Å². The second-order valence-corrected chi connectivity index (χ2v) is 5.25. The van der Waals surface area contributed by atoms with E-state index in [0.29, 0.717) is 5.92 Å². The fourth-order valence-corrected chi connectivity index (χ4v) is 2.48. The molecular formula is C15H22N2O2. The fourth-order valence-electron chi connectivity index (χ4n) is 2.48. The minimum atomic E-state index is -0.00426.